The first-order chi connectivity index (χ1) is 13.4. The molecule has 27 heavy (non-hydrogen) atoms. The van der Waals surface area contributed by atoms with Crippen LogP contribution in [0, 0.1) is 11.8 Å². The summed E-state index contributed by atoms with van der Waals surface area (Å²) >= 11 is 0. The molecule has 2 heterocycles. The van der Waals surface area contributed by atoms with Crippen molar-refractivity contribution >= 4 is 0 Å². The van der Waals surface area contributed by atoms with Crippen molar-refractivity contribution in [2.45, 2.75) is 120 Å². The first-order valence-corrected chi connectivity index (χ1v) is 11.8. The first-order valence-electron chi connectivity index (χ1n) is 11.8. The van der Waals surface area contributed by atoms with Crippen molar-refractivity contribution in [1.29, 1.82) is 0 Å². The van der Waals surface area contributed by atoms with E-state index in [2.05, 4.69) is 10.0 Å². The molecular weight excluding hydrogens is 336 g/mol. The van der Waals surface area contributed by atoms with E-state index in [0.717, 1.165) is 0 Å². The van der Waals surface area contributed by atoms with E-state index in [0.29, 0.717) is 48.1 Å². The summed E-state index contributed by atoms with van der Waals surface area (Å²) in [5.74, 6) is 1.26. The predicted molar refractivity (Wildman–Crippen MR) is 103 cm³/mol. The molecule has 0 aromatic carbocycles. The Kier molecular flexibility index (Phi) is 4.15. The Bertz CT molecular complexity index is 552. The highest BCUT2D eigenvalue weighted by atomic mass is 15.7. The van der Waals surface area contributed by atoms with Crippen LogP contribution in [0.1, 0.15) is 83.5 Å². The quantitative estimate of drug-likeness (QED) is 0.648. The van der Waals surface area contributed by atoms with Crippen LogP contribution in [0.4, 0.5) is 0 Å². The molecule has 6 aliphatic rings. The van der Waals surface area contributed by atoms with Gasteiger partial charge in [0, 0.05) is 23.9 Å². The van der Waals surface area contributed by atoms with Crippen LogP contribution < -0.4 is 0 Å². The Hall–Kier alpha value is -1.20. The van der Waals surface area contributed by atoms with Crippen LogP contribution in [0.25, 0.3) is 0 Å². The van der Waals surface area contributed by atoms with E-state index in [4.69, 9.17) is 20.7 Å². The lowest BCUT2D eigenvalue weighted by Crippen LogP contribution is -2.55. The lowest BCUT2D eigenvalue weighted by molar-refractivity contribution is 0.0594. The van der Waals surface area contributed by atoms with E-state index in [1.165, 1.54) is 83.5 Å². The lowest BCUT2D eigenvalue weighted by atomic mass is 9.82. The highest BCUT2D eigenvalue weighted by molar-refractivity contribution is 5.20. The topological polar surface area (TPSA) is 55.9 Å². The average Bonchev–Trinajstić information content (AvgIpc) is 3.34. The van der Waals surface area contributed by atoms with Gasteiger partial charge in [-0.2, -0.15) is 10.2 Å². The standard InChI is InChI=1S/C21H34N6/c1-2-6-10-14(9-5-1)26-20-16-13-17(18(20)22-24-26)21-19(16)23-25-27(21)15-11-7-3-4-8-12-15/h14-21H,1-13H2/t16-,17+,18+,19-,20+,21-. The number of fused-ring (bicyclic) bond motifs is 8. The summed E-state index contributed by atoms with van der Waals surface area (Å²) in [5.41, 5.74) is 0. The molecule has 2 aliphatic heterocycles. The van der Waals surface area contributed by atoms with Gasteiger partial charge in [-0.25, -0.2) is 0 Å². The second-order valence-corrected chi connectivity index (χ2v) is 9.99. The van der Waals surface area contributed by atoms with Gasteiger partial charge in [0.25, 0.3) is 0 Å². The molecular formula is C21H34N6. The fraction of sp³-hybridized carbons (Fsp3) is 1.00. The van der Waals surface area contributed by atoms with Crippen molar-refractivity contribution in [2.75, 3.05) is 0 Å². The molecule has 0 saturated heterocycles. The summed E-state index contributed by atoms with van der Waals surface area (Å²) in [6.07, 6.45) is 17.6. The van der Waals surface area contributed by atoms with Crippen molar-refractivity contribution < 1.29 is 0 Å². The molecule has 0 unspecified atom stereocenters. The highest BCUT2D eigenvalue weighted by Crippen LogP contribution is 2.56. The molecule has 4 aliphatic carbocycles. The fourth-order valence-corrected chi connectivity index (χ4v) is 7.34. The summed E-state index contributed by atoms with van der Waals surface area (Å²) in [7, 11) is 0. The maximum atomic E-state index is 4.87. The summed E-state index contributed by atoms with van der Waals surface area (Å²) in [4.78, 5) is 0. The number of rotatable bonds is 2. The van der Waals surface area contributed by atoms with Crippen LogP contribution in [0.3, 0.4) is 0 Å². The lowest BCUT2D eigenvalue weighted by Gasteiger charge is -2.40. The Labute approximate surface area is 162 Å². The van der Waals surface area contributed by atoms with Crippen molar-refractivity contribution in [2.24, 2.45) is 32.5 Å². The first kappa shape index (κ1) is 16.7. The minimum Gasteiger partial charge on any atom is -0.270 e. The van der Waals surface area contributed by atoms with Crippen LogP contribution in [0.15, 0.2) is 20.7 Å². The summed E-state index contributed by atoms with van der Waals surface area (Å²) < 4.78 is 0. The minimum atomic E-state index is 0.413. The van der Waals surface area contributed by atoms with E-state index in [1.807, 2.05) is 0 Å². The second kappa shape index (κ2) is 6.70. The normalized spacial score (nSPS) is 44.6. The summed E-state index contributed by atoms with van der Waals surface area (Å²) in [6.45, 7) is 0. The zero-order chi connectivity index (χ0) is 17.8. The third-order valence-corrected chi connectivity index (χ3v) is 8.58. The third kappa shape index (κ3) is 2.57. The highest BCUT2D eigenvalue weighted by Gasteiger charge is 2.66. The van der Waals surface area contributed by atoms with Gasteiger partial charge in [0.15, 0.2) is 0 Å². The third-order valence-electron chi connectivity index (χ3n) is 8.58. The molecule has 0 radical (unpaired) electrons. The van der Waals surface area contributed by atoms with E-state index in [-0.39, 0.29) is 0 Å². The van der Waals surface area contributed by atoms with Gasteiger partial charge in [-0.05, 0) is 32.1 Å². The number of hydrogen-bond donors (Lipinski definition) is 0. The van der Waals surface area contributed by atoms with Gasteiger partial charge < -0.3 is 0 Å². The summed E-state index contributed by atoms with van der Waals surface area (Å²) in [5, 5.41) is 24.2. The van der Waals surface area contributed by atoms with Gasteiger partial charge in [-0.15, -0.1) is 0 Å². The zero-order valence-corrected chi connectivity index (χ0v) is 16.5. The zero-order valence-electron chi connectivity index (χ0n) is 16.5. The van der Waals surface area contributed by atoms with Crippen molar-refractivity contribution in [3.05, 3.63) is 0 Å². The molecule has 0 amide bonds. The van der Waals surface area contributed by atoms with E-state index < -0.39 is 0 Å². The molecule has 6 rings (SSSR count). The molecule has 148 valence electrons. The summed E-state index contributed by atoms with van der Waals surface area (Å²) in [6, 6.07) is 3.12. The molecule has 0 aromatic heterocycles. The van der Waals surface area contributed by atoms with Crippen molar-refractivity contribution in [3.63, 3.8) is 0 Å². The van der Waals surface area contributed by atoms with E-state index in [1.54, 1.807) is 0 Å². The second-order valence-electron chi connectivity index (χ2n) is 9.99. The Morgan fingerprint density at radius 1 is 0.519 bits per heavy atom. The smallest absolute Gasteiger partial charge is 0.100 e. The maximum absolute atomic E-state index is 4.87. The Morgan fingerprint density at radius 2 is 0.926 bits per heavy atom. The predicted octanol–water partition coefficient (Wildman–Crippen LogP) is 4.92. The Balaban J connectivity index is 1.21. The maximum Gasteiger partial charge on any atom is 0.100 e. The minimum absolute atomic E-state index is 0.413. The molecule has 6 heteroatoms. The van der Waals surface area contributed by atoms with Gasteiger partial charge in [-0.3, -0.25) is 10.0 Å². The number of nitrogens with zero attached hydrogens (tertiary/aromatic N) is 6. The van der Waals surface area contributed by atoms with E-state index >= 15 is 0 Å². The molecule has 6 nitrogen and oxygen atoms in total. The van der Waals surface area contributed by atoms with Gasteiger partial charge in [-0.1, -0.05) is 61.8 Å². The van der Waals surface area contributed by atoms with Crippen molar-refractivity contribution in [1.82, 2.24) is 10.0 Å². The molecule has 2 bridgehead atoms. The monoisotopic (exact) mass is 370 g/mol. The number of hydrogen-bond acceptors (Lipinski definition) is 6. The van der Waals surface area contributed by atoms with Gasteiger partial charge in [0.1, 0.15) is 12.1 Å². The van der Waals surface area contributed by atoms with E-state index in [9.17, 15) is 0 Å². The van der Waals surface area contributed by atoms with Crippen LogP contribution >= 0.6 is 0 Å². The Morgan fingerprint density at radius 3 is 1.33 bits per heavy atom. The van der Waals surface area contributed by atoms with Crippen LogP contribution in [-0.4, -0.2) is 46.3 Å². The van der Waals surface area contributed by atoms with Gasteiger partial charge in [0.2, 0.25) is 0 Å². The van der Waals surface area contributed by atoms with Crippen molar-refractivity contribution in [3.8, 4) is 0 Å². The SMILES string of the molecule is C1CCCC(N2N=N[C@@H]3[C@H]4C[C@@H]([C@@H]5N=NN(C6CCCCCC6)[C@@H]45)[C@H]32)CC1. The average molecular weight is 371 g/mol. The molecule has 4 fully saturated rings. The molecule has 4 saturated carbocycles. The molecule has 0 aromatic rings. The van der Waals surface area contributed by atoms with Crippen LogP contribution in [0.5, 0.6) is 0 Å². The fourth-order valence-electron chi connectivity index (χ4n) is 7.34. The largest absolute Gasteiger partial charge is 0.270 e. The molecule has 6 atom stereocenters. The van der Waals surface area contributed by atoms with Crippen LogP contribution in [-0.2, 0) is 0 Å². The molecule has 0 N–H and O–H groups in total. The van der Waals surface area contributed by atoms with Crippen LogP contribution in [0.2, 0.25) is 0 Å². The van der Waals surface area contributed by atoms with Gasteiger partial charge >= 0.3 is 0 Å². The molecule has 0 spiro atoms. The van der Waals surface area contributed by atoms with Gasteiger partial charge in [0.05, 0.1) is 12.1 Å².